The highest BCUT2D eigenvalue weighted by Crippen LogP contribution is 2.13. The molecule has 10 amide bonds. The van der Waals surface area contributed by atoms with Gasteiger partial charge in [-0.1, -0.05) is 34.1 Å². The lowest BCUT2D eigenvalue weighted by Crippen LogP contribution is -2.61. The van der Waals surface area contributed by atoms with Gasteiger partial charge in [-0.2, -0.15) is 0 Å². The Morgan fingerprint density at radius 2 is 0.985 bits per heavy atom. The van der Waals surface area contributed by atoms with E-state index in [1.807, 2.05) is 16.0 Å². The zero-order chi connectivity index (χ0) is 51.6. The number of unbranched alkanes of at least 4 members (excludes halogenated alkanes) is 1. The van der Waals surface area contributed by atoms with Crippen molar-refractivity contribution in [2.75, 3.05) is 19.6 Å². The highest BCUT2D eigenvalue weighted by molar-refractivity contribution is 5.99. The minimum absolute atomic E-state index is 0.0828. The molecule has 28 nitrogen and oxygen atoms in total. The molecule has 0 rings (SSSR count). The molecular formula is C39H66N12O16. The van der Waals surface area contributed by atoms with E-state index in [4.69, 9.17) is 28.0 Å². The van der Waals surface area contributed by atoms with Crippen LogP contribution in [0.3, 0.4) is 0 Å². The maximum atomic E-state index is 14.0. The summed E-state index contributed by atoms with van der Waals surface area (Å²) in [6, 6.07) is -11.2. The van der Waals surface area contributed by atoms with Crippen LogP contribution in [0.15, 0.2) is 0 Å². The quantitative estimate of drug-likeness (QED) is 0.0267. The number of primary amides is 2. The van der Waals surface area contributed by atoms with Crippen LogP contribution in [0.25, 0.3) is 0 Å². The Labute approximate surface area is 385 Å². The fraction of sp³-hybridized carbons (Fsp3) is 0.667. The van der Waals surface area contributed by atoms with E-state index in [1.165, 1.54) is 0 Å². The van der Waals surface area contributed by atoms with Gasteiger partial charge in [0.2, 0.25) is 59.1 Å². The van der Waals surface area contributed by atoms with Crippen LogP contribution in [0, 0.1) is 11.8 Å². The van der Waals surface area contributed by atoms with Gasteiger partial charge in [-0.25, -0.2) is 0 Å². The van der Waals surface area contributed by atoms with Crippen molar-refractivity contribution in [2.45, 2.75) is 134 Å². The molecule has 378 valence electrons. The number of carboxylic acids is 3. The molecular weight excluding hydrogens is 892 g/mol. The van der Waals surface area contributed by atoms with E-state index in [2.05, 4.69) is 26.6 Å². The molecule has 0 unspecified atom stereocenters. The predicted octanol–water partition coefficient (Wildman–Crippen LogP) is -6.15. The number of aliphatic carboxylic acids is 3. The van der Waals surface area contributed by atoms with Crippen LogP contribution in [0.4, 0.5) is 0 Å². The van der Waals surface area contributed by atoms with Gasteiger partial charge >= 0.3 is 17.9 Å². The molecule has 19 N–H and O–H groups in total. The molecule has 0 aliphatic rings. The maximum Gasteiger partial charge on any atom is 0.322 e. The van der Waals surface area contributed by atoms with Gasteiger partial charge < -0.3 is 80.8 Å². The third-order valence-electron chi connectivity index (χ3n) is 9.67. The maximum absolute atomic E-state index is 14.0. The van der Waals surface area contributed by atoms with Gasteiger partial charge in [0.15, 0.2) is 0 Å². The van der Waals surface area contributed by atoms with Crippen molar-refractivity contribution in [1.29, 1.82) is 0 Å². The summed E-state index contributed by atoms with van der Waals surface area (Å²) in [6.07, 6.45) is -2.98. The Bertz CT molecular complexity index is 1800. The fourth-order valence-electron chi connectivity index (χ4n) is 5.94. The van der Waals surface area contributed by atoms with Crippen molar-refractivity contribution >= 4 is 77.0 Å². The first-order valence-corrected chi connectivity index (χ1v) is 21.3. The minimum Gasteiger partial charge on any atom is -0.481 e. The fourth-order valence-corrected chi connectivity index (χ4v) is 5.94. The van der Waals surface area contributed by atoms with E-state index in [9.17, 15) is 72.5 Å². The summed E-state index contributed by atoms with van der Waals surface area (Å²) in [5.74, 6) is -15.8. The normalized spacial score (nSPS) is 14.4. The van der Waals surface area contributed by atoms with E-state index < -0.39 is 170 Å². The van der Waals surface area contributed by atoms with E-state index in [1.54, 1.807) is 27.7 Å². The van der Waals surface area contributed by atoms with Gasteiger partial charge in [0.05, 0.1) is 31.8 Å². The van der Waals surface area contributed by atoms with E-state index in [0.717, 1.165) is 0 Å². The molecule has 8 atom stereocenters. The summed E-state index contributed by atoms with van der Waals surface area (Å²) in [6.45, 7) is 5.37. The Hall–Kier alpha value is -6.97. The van der Waals surface area contributed by atoms with Gasteiger partial charge in [0.25, 0.3) is 0 Å². The third kappa shape index (κ3) is 25.3. The number of nitrogens with one attached hydrogen (secondary N) is 8. The van der Waals surface area contributed by atoms with Gasteiger partial charge in [0, 0.05) is 6.42 Å². The molecule has 0 aliphatic heterocycles. The molecule has 0 saturated heterocycles. The average Bonchev–Trinajstić information content (AvgIpc) is 3.22. The second-order valence-corrected chi connectivity index (χ2v) is 16.0. The van der Waals surface area contributed by atoms with E-state index in [0.29, 0.717) is 12.8 Å². The van der Waals surface area contributed by atoms with Crippen molar-refractivity contribution in [3.05, 3.63) is 0 Å². The summed E-state index contributed by atoms with van der Waals surface area (Å²) >= 11 is 0. The number of carbonyl (C=O) groups is 13. The lowest BCUT2D eigenvalue weighted by molar-refractivity contribution is -0.143. The zero-order valence-electron chi connectivity index (χ0n) is 37.8. The molecule has 0 aromatic rings. The van der Waals surface area contributed by atoms with Crippen LogP contribution in [-0.2, 0) is 62.3 Å². The molecule has 28 heteroatoms. The lowest BCUT2D eigenvalue weighted by atomic mass is 9.96. The first kappa shape index (κ1) is 60.0. The first-order valence-electron chi connectivity index (χ1n) is 21.3. The topological polar surface area (TPSA) is 483 Å². The Morgan fingerprint density at radius 3 is 1.46 bits per heavy atom. The molecule has 0 aliphatic carbocycles. The van der Waals surface area contributed by atoms with Crippen molar-refractivity contribution in [3.8, 4) is 0 Å². The third-order valence-corrected chi connectivity index (χ3v) is 9.67. The number of carbonyl (C=O) groups excluding carboxylic acids is 10. The number of hydrogen-bond acceptors (Lipinski definition) is 15. The van der Waals surface area contributed by atoms with Crippen molar-refractivity contribution < 1.29 is 77.6 Å². The summed E-state index contributed by atoms with van der Waals surface area (Å²) in [4.78, 5) is 163. The molecule has 0 aromatic carbocycles. The van der Waals surface area contributed by atoms with Gasteiger partial charge in [-0.15, -0.1) is 0 Å². The summed E-state index contributed by atoms with van der Waals surface area (Å²) in [5, 5.41) is 45.6. The van der Waals surface area contributed by atoms with Crippen molar-refractivity contribution in [2.24, 2.45) is 34.8 Å². The first-order chi connectivity index (χ1) is 31.2. The minimum atomic E-state index is -2.07. The molecule has 0 fully saturated rings. The summed E-state index contributed by atoms with van der Waals surface area (Å²) < 4.78 is 0. The SMILES string of the molecule is CC[C@H](C)[C@H](NC(=O)[C@H](CC(C)C)NC(=O)[C@@H](N)CC(N)=O)C(=O)N[C@@H](CCCCN)C(=O)N[C@@H](CCC(N)=O)C(=O)N[C@@H](CC(=O)O)C(=O)N[C@@H](CC(=O)O)C(=O)NCC(=O)NCC(=O)O. The smallest absolute Gasteiger partial charge is 0.322 e. The van der Waals surface area contributed by atoms with Gasteiger partial charge in [0.1, 0.15) is 42.8 Å². The molecule has 0 spiro atoms. The van der Waals surface area contributed by atoms with Crippen LogP contribution in [0.2, 0.25) is 0 Å². The molecule has 0 bridgehead atoms. The number of carboxylic acid groups (broad SMARTS) is 3. The van der Waals surface area contributed by atoms with Gasteiger partial charge in [-0.05, 0) is 50.5 Å². The van der Waals surface area contributed by atoms with Gasteiger partial charge in [-0.3, -0.25) is 62.3 Å². The lowest BCUT2D eigenvalue weighted by Gasteiger charge is -2.30. The van der Waals surface area contributed by atoms with Crippen LogP contribution in [0.1, 0.15) is 91.9 Å². The van der Waals surface area contributed by atoms with Crippen LogP contribution in [-0.4, -0.2) is 154 Å². The number of hydrogen-bond donors (Lipinski definition) is 15. The largest absolute Gasteiger partial charge is 0.481 e. The van der Waals surface area contributed by atoms with Crippen molar-refractivity contribution in [3.63, 3.8) is 0 Å². The second kappa shape index (κ2) is 31.0. The molecule has 0 aromatic heterocycles. The monoisotopic (exact) mass is 958 g/mol. The Kier molecular flexibility index (Phi) is 27.8. The molecule has 67 heavy (non-hydrogen) atoms. The zero-order valence-corrected chi connectivity index (χ0v) is 37.8. The standard InChI is InChI=1S/C39H66N12O16/c1-5-19(4)32(51-38(66)23(12-18(2)3)48-33(61)20(41)13-27(43)53)39(67)47-21(8-6-7-11-40)35(63)46-22(9-10-26(42)52)36(64)50-25(15-30(57)58)37(65)49-24(14-29(55)56)34(62)45-16-28(54)44-17-31(59)60/h18-25,32H,5-17,40-41H2,1-4H3,(H2,42,52)(H2,43,53)(H,44,54)(H,45,62)(H,46,63)(H,47,67)(H,48,61)(H,49,65)(H,50,64)(H,51,66)(H,55,56)(H,57,58)(H,59,60)/t19-,20-,21-,22-,23-,24-,25-,32-/m0/s1. The number of amides is 10. The highest BCUT2D eigenvalue weighted by atomic mass is 16.4. The molecule has 0 heterocycles. The molecule has 0 saturated carbocycles. The van der Waals surface area contributed by atoms with Crippen LogP contribution in [0.5, 0.6) is 0 Å². The number of rotatable bonds is 34. The van der Waals surface area contributed by atoms with E-state index >= 15 is 0 Å². The summed E-state index contributed by atoms with van der Waals surface area (Å²) in [7, 11) is 0. The predicted molar refractivity (Wildman–Crippen MR) is 232 cm³/mol. The van der Waals surface area contributed by atoms with Crippen LogP contribution >= 0.6 is 0 Å². The van der Waals surface area contributed by atoms with Crippen LogP contribution < -0.4 is 65.5 Å². The Morgan fingerprint density at radius 1 is 0.507 bits per heavy atom. The van der Waals surface area contributed by atoms with Crippen molar-refractivity contribution in [1.82, 2.24) is 42.5 Å². The number of nitrogens with two attached hydrogens (primary N) is 4. The van der Waals surface area contributed by atoms with E-state index in [-0.39, 0.29) is 31.7 Å². The summed E-state index contributed by atoms with van der Waals surface area (Å²) in [5.41, 5.74) is 21.9. The average molecular weight is 959 g/mol. The molecule has 0 radical (unpaired) electrons. The second-order valence-electron chi connectivity index (χ2n) is 16.0. The Balaban J connectivity index is 6.61. The highest BCUT2D eigenvalue weighted by Gasteiger charge is 2.36.